The first-order chi connectivity index (χ1) is 18.0. The number of hydrogen-bond acceptors (Lipinski definition) is 7. The molecule has 4 aromatic rings. The molecule has 1 aliphatic rings. The van der Waals surface area contributed by atoms with E-state index >= 15 is 0 Å². The van der Waals surface area contributed by atoms with E-state index in [1.54, 1.807) is 65.2 Å². The van der Waals surface area contributed by atoms with E-state index in [4.69, 9.17) is 18.9 Å². The summed E-state index contributed by atoms with van der Waals surface area (Å²) >= 11 is 0. The van der Waals surface area contributed by atoms with Crippen molar-refractivity contribution in [2.45, 2.75) is 6.54 Å². The zero-order valence-electron chi connectivity index (χ0n) is 20.3. The second-order valence-corrected chi connectivity index (χ2v) is 8.33. The highest BCUT2D eigenvalue weighted by atomic mass is 16.6. The molecule has 1 amide bonds. The minimum Gasteiger partial charge on any atom is -0.493 e. The lowest BCUT2D eigenvalue weighted by Gasteiger charge is -2.20. The van der Waals surface area contributed by atoms with E-state index in [0.29, 0.717) is 53.0 Å². The van der Waals surface area contributed by atoms with Crippen LogP contribution in [0, 0.1) is 0 Å². The maximum absolute atomic E-state index is 13.4. The molecule has 1 N–H and O–H groups in total. The number of aromatic nitrogens is 1. The molecule has 0 aliphatic carbocycles. The van der Waals surface area contributed by atoms with Gasteiger partial charge in [-0.15, -0.1) is 0 Å². The third-order valence-electron chi connectivity index (χ3n) is 6.01. The standard InChI is InChI=1S/C28H24N2O7/c1-34-22-9-8-18(12-23(22)35-2)29-26(31)16-30-15-20(27(32)17-6-4-3-5-7-17)28(33)19-13-24-25(14-21(19)30)37-11-10-36-24/h3-9,12-15H,10-11,16H2,1-2H3,(H,29,31). The molecule has 0 fully saturated rings. The van der Waals surface area contributed by atoms with Crippen LogP contribution in [0.5, 0.6) is 23.0 Å². The van der Waals surface area contributed by atoms with Crippen molar-refractivity contribution < 1.29 is 28.5 Å². The van der Waals surface area contributed by atoms with Crippen LogP contribution in [0.1, 0.15) is 15.9 Å². The maximum atomic E-state index is 13.4. The number of fused-ring (bicyclic) bond motifs is 2. The Morgan fingerprint density at radius 3 is 2.32 bits per heavy atom. The molecule has 1 aromatic heterocycles. The van der Waals surface area contributed by atoms with E-state index in [0.717, 1.165) is 0 Å². The van der Waals surface area contributed by atoms with Gasteiger partial charge in [0.2, 0.25) is 11.3 Å². The topological polar surface area (TPSA) is 105 Å². The van der Waals surface area contributed by atoms with E-state index in [1.165, 1.54) is 20.4 Å². The number of rotatable bonds is 7. The quantitative estimate of drug-likeness (QED) is 0.386. The van der Waals surface area contributed by atoms with Crippen LogP contribution in [-0.4, -0.2) is 43.7 Å². The molecule has 0 radical (unpaired) electrons. The Balaban J connectivity index is 1.56. The van der Waals surface area contributed by atoms with Gasteiger partial charge in [-0.3, -0.25) is 14.4 Å². The van der Waals surface area contributed by atoms with Crippen molar-refractivity contribution >= 4 is 28.3 Å². The van der Waals surface area contributed by atoms with Gasteiger partial charge in [-0.2, -0.15) is 0 Å². The van der Waals surface area contributed by atoms with E-state index in [1.807, 2.05) is 0 Å². The monoisotopic (exact) mass is 500 g/mol. The zero-order chi connectivity index (χ0) is 25.9. The Labute approximate surface area is 212 Å². The van der Waals surface area contributed by atoms with Crippen LogP contribution in [0.25, 0.3) is 10.9 Å². The summed E-state index contributed by atoms with van der Waals surface area (Å²) in [6, 6.07) is 16.8. The molecule has 9 nitrogen and oxygen atoms in total. The number of methoxy groups -OCH3 is 2. The van der Waals surface area contributed by atoms with Gasteiger partial charge in [-0.05, 0) is 18.2 Å². The second-order valence-electron chi connectivity index (χ2n) is 8.33. The Bertz CT molecular complexity index is 1560. The number of nitrogens with one attached hydrogen (secondary N) is 1. The molecule has 0 saturated carbocycles. The predicted molar refractivity (Wildman–Crippen MR) is 137 cm³/mol. The Morgan fingerprint density at radius 1 is 0.919 bits per heavy atom. The predicted octanol–water partition coefficient (Wildman–Crippen LogP) is 3.66. The summed E-state index contributed by atoms with van der Waals surface area (Å²) in [6.07, 6.45) is 1.42. The van der Waals surface area contributed by atoms with E-state index in [9.17, 15) is 14.4 Å². The highest BCUT2D eigenvalue weighted by Crippen LogP contribution is 2.34. The first-order valence-electron chi connectivity index (χ1n) is 11.6. The van der Waals surface area contributed by atoms with Crippen molar-refractivity contribution in [2.24, 2.45) is 0 Å². The molecule has 0 bridgehead atoms. The zero-order valence-corrected chi connectivity index (χ0v) is 20.3. The van der Waals surface area contributed by atoms with Crippen molar-refractivity contribution in [3.05, 3.63) is 88.2 Å². The van der Waals surface area contributed by atoms with Gasteiger partial charge in [0, 0.05) is 29.6 Å². The Kier molecular flexibility index (Phi) is 6.51. The fourth-order valence-electron chi connectivity index (χ4n) is 4.23. The third-order valence-corrected chi connectivity index (χ3v) is 6.01. The lowest BCUT2D eigenvalue weighted by molar-refractivity contribution is -0.116. The van der Waals surface area contributed by atoms with Gasteiger partial charge in [0.05, 0.1) is 30.7 Å². The minimum absolute atomic E-state index is 0.0469. The summed E-state index contributed by atoms with van der Waals surface area (Å²) in [7, 11) is 3.03. The number of pyridine rings is 1. The maximum Gasteiger partial charge on any atom is 0.244 e. The summed E-state index contributed by atoms with van der Waals surface area (Å²) in [5, 5.41) is 3.08. The molecule has 3 aromatic carbocycles. The summed E-state index contributed by atoms with van der Waals surface area (Å²) in [4.78, 5) is 39.8. The summed E-state index contributed by atoms with van der Waals surface area (Å²) in [5.41, 5.74) is 0.827. The van der Waals surface area contributed by atoms with Gasteiger partial charge in [-0.25, -0.2) is 0 Å². The van der Waals surface area contributed by atoms with Crippen LogP contribution in [0.15, 0.2) is 71.7 Å². The molecule has 0 spiro atoms. The van der Waals surface area contributed by atoms with Crippen LogP contribution in [0.3, 0.4) is 0 Å². The van der Waals surface area contributed by atoms with Gasteiger partial charge < -0.3 is 28.8 Å². The van der Waals surface area contributed by atoms with Gasteiger partial charge in [-0.1, -0.05) is 30.3 Å². The van der Waals surface area contributed by atoms with Crippen molar-refractivity contribution in [3.8, 4) is 23.0 Å². The third kappa shape index (κ3) is 4.71. The average molecular weight is 501 g/mol. The normalized spacial score (nSPS) is 12.2. The second kappa shape index (κ2) is 10.1. The first kappa shape index (κ1) is 23.9. The molecule has 37 heavy (non-hydrogen) atoms. The van der Waals surface area contributed by atoms with Crippen LogP contribution in [0.4, 0.5) is 5.69 Å². The van der Waals surface area contributed by atoms with Gasteiger partial charge in [0.1, 0.15) is 19.8 Å². The molecule has 9 heteroatoms. The summed E-state index contributed by atoms with van der Waals surface area (Å²) in [5.74, 6) is 1.08. The molecular weight excluding hydrogens is 476 g/mol. The number of anilines is 1. The summed E-state index contributed by atoms with van der Waals surface area (Å²) in [6.45, 7) is 0.552. The average Bonchev–Trinajstić information content (AvgIpc) is 2.93. The van der Waals surface area contributed by atoms with Crippen LogP contribution < -0.4 is 29.7 Å². The molecule has 5 rings (SSSR count). The molecule has 188 valence electrons. The molecule has 2 heterocycles. The van der Waals surface area contributed by atoms with Crippen molar-refractivity contribution in [1.82, 2.24) is 4.57 Å². The summed E-state index contributed by atoms with van der Waals surface area (Å²) < 4.78 is 23.5. The fourth-order valence-corrected chi connectivity index (χ4v) is 4.23. The Morgan fingerprint density at radius 2 is 1.62 bits per heavy atom. The first-order valence-corrected chi connectivity index (χ1v) is 11.6. The number of hydrogen-bond donors (Lipinski definition) is 1. The SMILES string of the molecule is COc1ccc(NC(=O)Cn2cc(C(=O)c3ccccc3)c(=O)c3cc4c(cc32)OCCO4)cc1OC. The lowest BCUT2D eigenvalue weighted by atomic mass is 10.0. The number of carbonyl (C=O) groups excluding carboxylic acids is 2. The number of ketones is 1. The minimum atomic E-state index is -0.447. The van der Waals surface area contributed by atoms with Crippen molar-refractivity contribution in [1.29, 1.82) is 0 Å². The number of ether oxygens (including phenoxy) is 4. The van der Waals surface area contributed by atoms with E-state index < -0.39 is 11.2 Å². The van der Waals surface area contributed by atoms with Crippen molar-refractivity contribution in [2.75, 3.05) is 32.8 Å². The number of benzene rings is 3. The Hall–Kier alpha value is -4.79. The molecule has 0 atom stereocenters. The fraction of sp³-hybridized carbons (Fsp3) is 0.179. The highest BCUT2D eigenvalue weighted by Gasteiger charge is 2.22. The number of nitrogens with zero attached hydrogens (tertiary/aromatic N) is 1. The number of carbonyl (C=O) groups is 2. The van der Waals surface area contributed by atoms with E-state index in [-0.39, 0.29) is 23.4 Å². The van der Waals surface area contributed by atoms with Crippen LogP contribution in [0.2, 0.25) is 0 Å². The van der Waals surface area contributed by atoms with Crippen LogP contribution >= 0.6 is 0 Å². The van der Waals surface area contributed by atoms with E-state index in [2.05, 4.69) is 5.32 Å². The smallest absolute Gasteiger partial charge is 0.244 e. The molecule has 1 aliphatic heterocycles. The highest BCUT2D eigenvalue weighted by molar-refractivity contribution is 6.10. The van der Waals surface area contributed by atoms with Crippen molar-refractivity contribution in [3.63, 3.8) is 0 Å². The molecule has 0 saturated heterocycles. The number of amides is 1. The molecule has 0 unspecified atom stereocenters. The van der Waals surface area contributed by atoms with Gasteiger partial charge >= 0.3 is 0 Å². The van der Waals surface area contributed by atoms with Gasteiger partial charge in [0.15, 0.2) is 28.8 Å². The van der Waals surface area contributed by atoms with Crippen LogP contribution in [-0.2, 0) is 11.3 Å². The largest absolute Gasteiger partial charge is 0.493 e. The lowest BCUT2D eigenvalue weighted by Crippen LogP contribution is -2.25. The van der Waals surface area contributed by atoms with Gasteiger partial charge in [0.25, 0.3) is 0 Å². The molecular formula is C28H24N2O7.